The number of nitrogens with zero attached hydrogens (tertiary/aromatic N) is 1. The Morgan fingerprint density at radius 1 is 1.39 bits per heavy atom. The van der Waals surface area contributed by atoms with E-state index in [1.807, 2.05) is 29.3 Å². The Balaban J connectivity index is 1.81. The summed E-state index contributed by atoms with van der Waals surface area (Å²) in [6.07, 6.45) is 4.82. The van der Waals surface area contributed by atoms with Crippen LogP contribution >= 0.6 is 0 Å². The van der Waals surface area contributed by atoms with E-state index in [1.54, 1.807) is 0 Å². The molecule has 3 heteroatoms. The average Bonchev–Trinajstić information content (AvgIpc) is 3.13. The van der Waals surface area contributed by atoms with Crippen LogP contribution in [0.25, 0.3) is 10.9 Å². The van der Waals surface area contributed by atoms with E-state index in [0.29, 0.717) is 12.5 Å². The Bertz CT molecular complexity index is 569. The molecule has 0 saturated heterocycles. The van der Waals surface area contributed by atoms with Crippen LogP contribution in [0.4, 0.5) is 0 Å². The molecule has 1 aliphatic rings. The third-order valence-corrected chi connectivity index (χ3v) is 3.67. The van der Waals surface area contributed by atoms with Crippen molar-refractivity contribution in [2.24, 2.45) is 0 Å². The fourth-order valence-electron chi connectivity index (χ4n) is 2.57. The average molecular weight is 242 g/mol. The molecule has 1 aromatic carbocycles. The molecule has 2 aromatic rings. The highest BCUT2D eigenvalue weighted by Gasteiger charge is 2.31. The Labute approximate surface area is 107 Å². The molecule has 1 heterocycles. The van der Waals surface area contributed by atoms with Crippen molar-refractivity contribution in [2.75, 3.05) is 6.54 Å². The van der Waals surface area contributed by atoms with Gasteiger partial charge in [-0.2, -0.15) is 0 Å². The number of likely N-dealkylation sites (N-methyl/N-ethyl adjacent to an activating group) is 1. The molecule has 1 aromatic heterocycles. The predicted molar refractivity (Wildman–Crippen MR) is 72.4 cm³/mol. The number of nitrogens with one attached hydrogen (secondary N) is 1. The molecule has 0 bridgehead atoms. The molecule has 1 saturated carbocycles. The second-order valence-corrected chi connectivity index (χ2v) is 4.95. The number of benzene rings is 1. The molecule has 0 unspecified atom stereocenters. The van der Waals surface area contributed by atoms with E-state index in [-0.39, 0.29) is 5.91 Å². The van der Waals surface area contributed by atoms with Crippen LogP contribution < -0.4 is 0 Å². The molecule has 3 rings (SSSR count). The zero-order valence-electron chi connectivity index (χ0n) is 10.6. The summed E-state index contributed by atoms with van der Waals surface area (Å²) in [4.78, 5) is 17.5. The highest BCUT2D eigenvalue weighted by Crippen LogP contribution is 2.27. The zero-order valence-corrected chi connectivity index (χ0v) is 10.6. The molecule has 1 aliphatic carbocycles. The number of fused-ring (bicyclic) bond motifs is 1. The normalized spacial score (nSPS) is 14.9. The lowest BCUT2D eigenvalue weighted by molar-refractivity contribution is -0.130. The first kappa shape index (κ1) is 11.3. The van der Waals surface area contributed by atoms with Gasteiger partial charge in [-0.15, -0.1) is 0 Å². The van der Waals surface area contributed by atoms with Crippen LogP contribution in [-0.2, 0) is 11.2 Å². The lowest BCUT2D eigenvalue weighted by atomic mass is 10.1. The first-order valence-electron chi connectivity index (χ1n) is 6.64. The third-order valence-electron chi connectivity index (χ3n) is 3.67. The minimum Gasteiger partial charge on any atom is -0.361 e. The van der Waals surface area contributed by atoms with Gasteiger partial charge in [0.05, 0.1) is 6.42 Å². The first-order valence-corrected chi connectivity index (χ1v) is 6.64. The van der Waals surface area contributed by atoms with Gasteiger partial charge in [0.2, 0.25) is 5.91 Å². The Morgan fingerprint density at radius 3 is 2.89 bits per heavy atom. The van der Waals surface area contributed by atoms with Crippen molar-refractivity contribution in [3.63, 3.8) is 0 Å². The number of aromatic nitrogens is 1. The first-order chi connectivity index (χ1) is 8.79. The van der Waals surface area contributed by atoms with Gasteiger partial charge in [0, 0.05) is 29.7 Å². The number of para-hydroxylation sites is 1. The van der Waals surface area contributed by atoms with Gasteiger partial charge in [-0.05, 0) is 31.4 Å². The molecule has 1 amide bonds. The molecule has 0 spiro atoms. The lowest BCUT2D eigenvalue weighted by Gasteiger charge is -2.20. The minimum atomic E-state index is 0.254. The van der Waals surface area contributed by atoms with E-state index >= 15 is 0 Å². The molecule has 0 aliphatic heterocycles. The Hall–Kier alpha value is -1.77. The van der Waals surface area contributed by atoms with Crippen molar-refractivity contribution in [2.45, 2.75) is 32.2 Å². The van der Waals surface area contributed by atoms with E-state index in [2.05, 4.69) is 18.0 Å². The van der Waals surface area contributed by atoms with Gasteiger partial charge in [0.15, 0.2) is 0 Å². The summed E-state index contributed by atoms with van der Waals surface area (Å²) in [7, 11) is 0. The number of hydrogen-bond acceptors (Lipinski definition) is 1. The number of aromatic amines is 1. The third kappa shape index (κ3) is 2.01. The Morgan fingerprint density at radius 2 is 2.17 bits per heavy atom. The van der Waals surface area contributed by atoms with E-state index in [9.17, 15) is 4.79 Å². The number of hydrogen-bond donors (Lipinski definition) is 1. The van der Waals surface area contributed by atoms with Crippen LogP contribution in [-0.4, -0.2) is 28.4 Å². The van der Waals surface area contributed by atoms with E-state index in [4.69, 9.17) is 0 Å². The highest BCUT2D eigenvalue weighted by molar-refractivity contribution is 5.89. The molecule has 94 valence electrons. The second kappa shape index (κ2) is 4.48. The molecular formula is C15H18N2O. The maximum atomic E-state index is 12.3. The largest absolute Gasteiger partial charge is 0.361 e. The predicted octanol–water partition coefficient (Wildman–Crippen LogP) is 2.72. The Kier molecular flexibility index (Phi) is 2.82. The number of carbonyl (C=O) groups excluding carboxylic acids is 1. The summed E-state index contributed by atoms with van der Waals surface area (Å²) in [5.74, 6) is 0.254. The lowest BCUT2D eigenvalue weighted by Crippen LogP contribution is -2.33. The SMILES string of the molecule is CCN(C(=O)Cc1c[nH]c2ccccc12)C1CC1. The van der Waals surface area contributed by atoms with E-state index in [1.165, 1.54) is 12.8 Å². The molecule has 1 fully saturated rings. The quantitative estimate of drug-likeness (QED) is 0.879. The standard InChI is InChI=1S/C15H18N2O/c1-2-17(12-7-8-12)15(18)9-11-10-16-14-6-4-3-5-13(11)14/h3-6,10,12,16H,2,7-9H2,1H3. The summed E-state index contributed by atoms with van der Waals surface area (Å²) in [5.41, 5.74) is 2.21. The maximum absolute atomic E-state index is 12.3. The van der Waals surface area contributed by atoms with Gasteiger partial charge in [-0.3, -0.25) is 4.79 Å². The summed E-state index contributed by atoms with van der Waals surface area (Å²) in [6, 6.07) is 8.65. The fraction of sp³-hybridized carbons (Fsp3) is 0.400. The summed E-state index contributed by atoms with van der Waals surface area (Å²) in [6.45, 7) is 2.89. The van der Waals surface area contributed by atoms with Gasteiger partial charge in [-0.25, -0.2) is 0 Å². The summed E-state index contributed by atoms with van der Waals surface area (Å²) >= 11 is 0. The van der Waals surface area contributed by atoms with Crippen molar-refractivity contribution >= 4 is 16.8 Å². The van der Waals surface area contributed by atoms with Crippen LogP contribution in [0, 0.1) is 0 Å². The van der Waals surface area contributed by atoms with Crippen LogP contribution in [0.3, 0.4) is 0 Å². The molecule has 18 heavy (non-hydrogen) atoms. The maximum Gasteiger partial charge on any atom is 0.227 e. The smallest absolute Gasteiger partial charge is 0.227 e. The monoisotopic (exact) mass is 242 g/mol. The van der Waals surface area contributed by atoms with Crippen molar-refractivity contribution in [1.82, 2.24) is 9.88 Å². The van der Waals surface area contributed by atoms with Crippen molar-refractivity contribution in [1.29, 1.82) is 0 Å². The van der Waals surface area contributed by atoms with Crippen LogP contribution in [0.2, 0.25) is 0 Å². The molecule has 1 N–H and O–H groups in total. The second-order valence-electron chi connectivity index (χ2n) is 4.95. The van der Waals surface area contributed by atoms with Crippen LogP contribution in [0.1, 0.15) is 25.3 Å². The van der Waals surface area contributed by atoms with E-state index < -0.39 is 0 Å². The van der Waals surface area contributed by atoms with Crippen molar-refractivity contribution < 1.29 is 4.79 Å². The highest BCUT2D eigenvalue weighted by atomic mass is 16.2. The minimum absolute atomic E-state index is 0.254. The van der Waals surface area contributed by atoms with E-state index in [0.717, 1.165) is 23.0 Å². The fourth-order valence-corrected chi connectivity index (χ4v) is 2.57. The number of carbonyl (C=O) groups is 1. The summed E-state index contributed by atoms with van der Waals surface area (Å²) < 4.78 is 0. The van der Waals surface area contributed by atoms with Crippen LogP contribution in [0.15, 0.2) is 30.5 Å². The van der Waals surface area contributed by atoms with Gasteiger partial charge in [-0.1, -0.05) is 18.2 Å². The van der Waals surface area contributed by atoms with Gasteiger partial charge >= 0.3 is 0 Å². The number of rotatable bonds is 4. The van der Waals surface area contributed by atoms with Crippen molar-refractivity contribution in [3.05, 3.63) is 36.0 Å². The zero-order chi connectivity index (χ0) is 12.5. The molecular weight excluding hydrogens is 224 g/mol. The molecule has 3 nitrogen and oxygen atoms in total. The van der Waals surface area contributed by atoms with Crippen LogP contribution in [0.5, 0.6) is 0 Å². The molecule has 0 atom stereocenters. The number of H-pyrrole nitrogens is 1. The van der Waals surface area contributed by atoms with Gasteiger partial charge in [0.1, 0.15) is 0 Å². The number of amides is 1. The molecule has 0 radical (unpaired) electrons. The summed E-state index contributed by atoms with van der Waals surface area (Å²) in [5, 5.41) is 1.16. The van der Waals surface area contributed by atoms with Gasteiger partial charge < -0.3 is 9.88 Å². The topological polar surface area (TPSA) is 36.1 Å². The van der Waals surface area contributed by atoms with Crippen molar-refractivity contribution in [3.8, 4) is 0 Å². The van der Waals surface area contributed by atoms with Gasteiger partial charge in [0.25, 0.3) is 0 Å².